The number of rotatable bonds is 5. The number of aromatic nitrogens is 3. The van der Waals surface area contributed by atoms with Crippen LogP contribution in [0.1, 0.15) is 35.9 Å². The number of hydrogen-bond donors (Lipinski definition) is 1. The first kappa shape index (κ1) is 22.0. The van der Waals surface area contributed by atoms with Gasteiger partial charge in [0.2, 0.25) is 0 Å². The molecule has 1 saturated heterocycles. The molecule has 1 unspecified atom stereocenters. The third-order valence-electron chi connectivity index (χ3n) is 6.69. The molecule has 0 amide bonds. The lowest BCUT2D eigenvalue weighted by molar-refractivity contribution is -0.139. The van der Waals surface area contributed by atoms with Crippen LogP contribution in [0.3, 0.4) is 0 Å². The molecule has 1 atom stereocenters. The number of benzene rings is 2. The van der Waals surface area contributed by atoms with E-state index in [0.29, 0.717) is 17.0 Å². The van der Waals surface area contributed by atoms with Gasteiger partial charge in [0.05, 0.1) is 11.8 Å². The van der Waals surface area contributed by atoms with E-state index in [2.05, 4.69) is 46.2 Å². The summed E-state index contributed by atoms with van der Waals surface area (Å²) >= 11 is 0. The van der Waals surface area contributed by atoms with Crippen molar-refractivity contribution >= 4 is 17.0 Å². The van der Waals surface area contributed by atoms with Gasteiger partial charge in [-0.05, 0) is 61.7 Å². The molecule has 5 rings (SSSR count). The molecule has 172 valence electrons. The highest BCUT2D eigenvalue weighted by Crippen LogP contribution is 2.30. The zero-order chi connectivity index (χ0) is 23.7. The minimum atomic E-state index is -1.17. The molecule has 1 fully saturated rings. The van der Waals surface area contributed by atoms with E-state index in [4.69, 9.17) is 0 Å². The monoisotopic (exact) mass is 454 g/mol. The summed E-state index contributed by atoms with van der Waals surface area (Å²) in [6.45, 7) is 2.24. The van der Waals surface area contributed by atoms with Gasteiger partial charge in [-0.1, -0.05) is 54.6 Å². The number of carboxylic acids is 1. The lowest BCUT2D eigenvalue weighted by Crippen LogP contribution is -2.31. The van der Waals surface area contributed by atoms with Crippen LogP contribution in [0.2, 0.25) is 0 Å². The van der Waals surface area contributed by atoms with Crippen molar-refractivity contribution in [1.82, 2.24) is 19.4 Å². The van der Waals surface area contributed by atoms with E-state index in [1.54, 1.807) is 36.5 Å². The quantitative estimate of drug-likeness (QED) is 0.491. The Morgan fingerprint density at radius 3 is 2.38 bits per heavy atom. The molecular weight excluding hydrogens is 428 g/mol. The number of aliphatic carboxylic acids is 1. The average Bonchev–Trinajstić information content (AvgIpc) is 2.86. The van der Waals surface area contributed by atoms with E-state index in [0.717, 1.165) is 28.8 Å². The molecule has 7 nitrogen and oxygen atoms in total. The van der Waals surface area contributed by atoms with Crippen LogP contribution < -0.4 is 5.56 Å². The van der Waals surface area contributed by atoms with Crippen LogP contribution in [0.15, 0.2) is 78.0 Å². The maximum Gasteiger partial charge on any atom is 0.331 e. The molecule has 3 heterocycles. The Morgan fingerprint density at radius 1 is 1.00 bits per heavy atom. The number of nitrogens with zero attached hydrogens (tertiary/aromatic N) is 4. The number of fused-ring (bicyclic) bond motifs is 1. The molecule has 0 saturated carbocycles. The van der Waals surface area contributed by atoms with E-state index in [-0.39, 0.29) is 5.52 Å². The summed E-state index contributed by atoms with van der Waals surface area (Å²) in [6.07, 6.45) is 5.29. The largest absolute Gasteiger partial charge is 0.479 e. The van der Waals surface area contributed by atoms with E-state index < -0.39 is 17.6 Å². The number of carbonyl (C=O) groups is 1. The van der Waals surface area contributed by atoms with Crippen LogP contribution in [0.25, 0.3) is 22.2 Å². The van der Waals surface area contributed by atoms with Gasteiger partial charge in [0.25, 0.3) is 5.56 Å². The van der Waals surface area contributed by atoms with E-state index in [9.17, 15) is 14.7 Å². The molecule has 1 aliphatic rings. The molecule has 4 aromatic rings. The Kier molecular flexibility index (Phi) is 5.94. The predicted molar refractivity (Wildman–Crippen MR) is 131 cm³/mol. The van der Waals surface area contributed by atoms with Crippen molar-refractivity contribution in [3.63, 3.8) is 0 Å². The fourth-order valence-electron chi connectivity index (χ4n) is 4.70. The molecule has 2 aromatic carbocycles. The van der Waals surface area contributed by atoms with Gasteiger partial charge in [0, 0.05) is 11.8 Å². The SMILES string of the molecule is CN1CCC(c2ccc(-c3cnc4c(=O)n(C(C(=O)O)c5ccccc5)cnc4c3)cc2)CC1. The van der Waals surface area contributed by atoms with Crippen molar-refractivity contribution in [3.05, 3.63) is 94.7 Å². The molecule has 0 radical (unpaired) electrons. The average molecular weight is 455 g/mol. The van der Waals surface area contributed by atoms with Gasteiger partial charge in [-0.25, -0.2) is 14.8 Å². The Bertz CT molecular complexity index is 1370. The molecule has 1 N–H and O–H groups in total. The minimum Gasteiger partial charge on any atom is -0.479 e. The Balaban J connectivity index is 1.46. The second-order valence-electron chi connectivity index (χ2n) is 8.90. The first-order valence-electron chi connectivity index (χ1n) is 11.4. The lowest BCUT2D eigenvalue weighted by atomic mass is 9.89. The predicted octanol–water partition coefficient (Wildman–Crippen LogP) is 3.94. The van der Waals surface area contributed by atoms with Gasteiger partial charge in [-0.15, -0.1) is 0 Å². The van der Waals surface area contributed by atoms with Gasteiger partial charge >= 0.3 is 5.97 Å². The Labute approximate surface area is 197 Å². The summed E-state index contributed by atoms with van der Waals surface area (Å²) in [6, 6.07) is 17.9. The van der Waals surface area contributed by atoms with Crippen LogP contribution in [-0.2, 0) is 4.79 Å². The number of carboxylic acid groups (broad SMARTS) is 1. The molecule has 34 heavy (non-hydrogen) atoms. The zero-order valence-corrected chi connectivity index (χ0v) is 19.0. The summed E-state index contributed by atoms with van der Waals surface area (Å²) < 4.78 is 1.13. The maximum absolute atomic E-state index is 13.1. The van der Waals surface area contributed by atoms with Crippen LogP contribution in [-0.4, -0.2) is 50.6 Å². The van der Waals surface area contributed by atoms with Crippen molar-refractivity contribution in [3.8, 4) is 11.1 Å². The van der Waals surface area contributed by atoms with Crippen molar-refractivity contribution in [2.24, 2.45) is 0 Å². The van der Waals surface area contributed by atoms with Crippen molar-refractivity contribution in [1.29, 1.82) is 0 Å². The second-order valence-corrected chi connectivity index (χ2v) is 8.90. The smallest absolute Gasteiger partial charge is 0.331 e. The molecule has 0 aliphatic carbocycles. The highest BCUT2D eigenvalue weighted by Gasteiger charge is 2.24. The van der Waals surface area contributed by atoms with Gasteiger partial charge in [0.1, 0.15) is 0 Å². The standard InChI is InChI=1S/C27H26N4O3/c1-30-13-11-20(12-14-30)18-7-9-19(10-8-18)22-15-23-24(28-16-22)26(32)31(17-29-23)25(27(33)34)21-5-3-2-4-6-21/h2-10,15-17,20,25H,11-14H2,1H3,(H,33,34). The van der Waals surface area contributed by atoms with Crippen molar-refractivity contribution < 1.29 is 9.90 Å². The normalized spacial score (nSPS) is 15.9. The molecule has 0 spiro atoms. The first-order chi connectivity index (χ1) is 16.5. The van der Waals surface area contributed by atoms with Gasteiger partial charge < -0.3 is 10.0 Å². The Hall–Kier alpha value is -3.84. The van der Waals surface area contributed by atoms with Gasteiger partial charge in [-0.2, -0.15) is 0 Å². The third kappa shape index (κ3) is 4.22. The summed E-state index contributed by atoms with van der Waals surface area (Å²) in [5.74, 6) is -0.539. The maximum atomic E-state index is 13.1. The second kappa shape index (κ2) is 9.19. The summed E-state index contributed by atoms with van der Waals surface area (Å²) in [4.78, 5) is 36.2. The summed E-state index contributed by atoms with van der Waals surface area (Å²) in [7, 11) is 2.17. The fourth-order valence-corrected chi connectivity index (χ4v) is 4.70. The number of likely N-dealkylation sites (tertiary alicyclic amines) is 1. The van der Waals surface area contributed by atoms with Crippen LogP contribution in [0.5, 0.6) is 0 Å². The summed E-state index contributed by atoms with van der Waals surface area (Å²) in [5, 5.41) is 9.79. The molecular formula is C27H26N4O3. The topological polar surface area (TPSA) is 88.3 Å². The summed E-state index contributed by atoms with van der Waals surface area (Å²) in [5.41, 5.74) is 3.83. The Morgan fingerprint density at radius 2 is 1.71 bits per heavy atom. The van der Waals surface area contributed by atoms with Crippen LogP contribution >= 0.6 is 0 Å². The van der Waals surface area contributed by atoms with Crippen LogP contribution in [0, 0.1) is 0 Å². The van der Waals surface area contributed by atoms with E-state index >= 15 is 0 Å². The highest BCUT2D eigenvalue weighted by molar-refractivity contribution is 5.80. The van der Waals surface area contributed by atoms with Crippen LogP contribution in [0.4, 0.5) is 0 Å². The van der Waals surface area contributed by atoms with E-state index in [1.165, 1.54) is 24.7 Å². The molecule has 7 heteroatoms. The lowest BCUT2D eigenvalue weighted by Gasteiger charge is -2.29. The third-order valence-corrected chi connectivity index (χ3v) is 6.69. The number of pyridine rings is 1. The molecule has 1 aliphatic heterocycles. The number of hydrogen-bond acceptors (Lipinski definition) is 5. The van der Waals surface area contributed by atoms with E-state index in [1.807, 2.05) is 6.07 Å². The number of piperidine rings is 1. The van der Waals surface area contributed by atoms with Gasteiger partial charge in [-0.3, -0.25) is 9.36 Å². The fraction of sp³-hybridized carbons (Fsp3) is 0.259. The van der Waals surface area contributed by atoms with Gasteiger partial charge in [0.15, 0.2) is 11.6 Å². The highest BCUT2D eigenvalue weighted by atomic mass is 16.4. The first-order valence-corrected chi connectivity index (χ1v) is 11.4. The molecule has 0 bridgehead atoms. The minimum absolute atomic E-state index is 0.149. The molecule has 2 aromatic heterocycles. The zero-order valence-electron chi connectivity index (χ0n) is 19.0. The van der Waals surface area contributed by atoms with Crippen molar-refractivity contribution in [2.75, 3.05) is 20.1 Å². The van der Waals surface area contributed by atoms with Crippen molar-refractivity contribution in [2.45, 2.75) is 24.8 Å².